The molecule has 0 fully saturated rings. The number of benzene rings is 1. The minimum atomic E-state index is -3.39. The number of hydrogen-bond donors (Lipinski definition) is 2. The average Bonchev–Trinajstić information content (AvgIpc) is 2.43. The van der Waals surface area contributed by atoms with E-state index >= 15 is 0 Å². The van der Waals surface area contributed by atoms with E-state index in [1.54, 1.807) is 31.3 Å². The van der Waals surface area contributed by atoms with Crippen LogP contribution in [0.5, 0.6) is 0 Å². The molecule has 0 aliphatic carbocycles. The van der Waals surface area contributed by atoms with Gasteiger partial charge in [0.25, 0.3) is 0 Å². The maximum Gasteiger partial charge on any atom is 0.221 e. The number of hydrogen-bond acceptors (Lipinski definition) is 4. The molecule has 1 rings (SSSR count). The summed E-state index contributed by atoms with van der Waals surface area (Å²) < 4.78 is 24.1. The lowest BCUT2D eigenvalue weighted by Gasteiger charge is -2.11. The van der Waals surface area contributed by atoms with Crippen molar-refractivity contribution in [1.29, 1.82) is 0 Å². The molecular formula is C14H23ClN2O3S. The number of carbonyl (C=O) groups excluding carboxylic acids is 1. The fourth-order valence-electron chi connectivity index (χ4n) is 1.55. The van der Waals surface area contributed by atoms with Crippen LogP contribution in [-0.4, -0.2) is 39.7 Å². The van der Waals surface area contributed by atoms with Crippen molar-refractivity contribution in [3.05, 3.63) is 29.8 Å². The van der Waals surface area contributed by atoms with Crippen molar-refractivity contribution in [3.63, 3.8) is 0 Å². The lowest BCUT2D eigenvalue weighted by Crippen LogP contribution is -2.37. The summed E-state index contributed by atoms with van der Waals surface area (Å²) >= 11 is 0. The molecule has 2 N–H and O–H groups in total. The second kappa shape index (κ2) is 9.02. The molecule has 0 aliphatic rings. The molecule has 0 aromatic heterocycles. The summed E-state index contributed by atoms with van der Waals surface area (Å²) in [5, 5.41) is 5.69. The minimum Gasteiger partial charge on any atom is -0.355 e. The molecule has 1 aromatic carbocycles. The van der Waals surface area contributed by atoms with E-state index in [-0.39, 0.29) is 41.4 Å². The third kappa shape index (κ3) is 6.93. The van der Waals surface area contributed by atoms with Gasteiger partial charge in [-0.15, -0.1) is 12.4 Å². The van der Waals surface area contributed by atoms with E-state index < -0.39 is 9.84 Å². The predicted molar refractivity (Wildman–Crippen MR) is 86.6 cm³/mol. The number of amides is 1. The van der Waals surface area contributed by atoms with E-state index in [2.05, 4.69) is 10.6 Å². The second-order valence-electron chi connectivity index (χ2n) is 4.88. The van der Waals surface area contributed by atoms with Crippen LogP contribution in [0.1, 0.15) is 18.9 Å². The summed E-state index contributed by atoms with van der Waals surface area (Å²) in [6.45, 7) is 4.32. The molecular weight excluding hydrogens is 312 g/mol. The van der Waals surface area contributed by atoms with Crippen molar-refractivity contribution in [2.45, 2.75) is 31.2 Å². The molecule has 0 saturated carbocycles. The van der Waals surface area contributed by atoms with Crippen molar-refractivity contribution in [2.75, 3.05) is 19.3 Å². The van der Waals surface area contributed by atoms with E-state index in [9.17, 15) is 13.2 Å². The Labute approximate surface area is 132 Å². The first-order valence-corrected chi connectivity index (χ1v) is 8.24. The summed E-state index contributed by atoms with van der Waals surface area (Å²) in [6.07, 6.45) is -0.0212. The number of carbonyl (C=O) groups is 1. The van der Waals surface area contributed by atoms with Crippen molar-refractivity contribution in [2.24, 2.45) is 0 Å². The van der Waals surface area contributed by atoms with Gasteiger partial charge in [-0.1, -0.05) is 17.7 Å². The smallest absolute Gasteiger partial charge is 0.221 e. The van der Waals surface area contributed by atoms with Gasteiger partial charge in [-0.25, -0.2) is 8.42 Å². The van der Waals surface area contributed by atoms with Gasteiger partial charge in [-0.2, -0.15) is 0 Å². The van der Waals surface area contributed by atoms with E-state index in [1.807, 2.05) is 13.8 Å². The van der Waals surface area contributed by atoms with E-state index in [0.717, 1.165) is 5.56 Å². The summed E-state index contributed by atoms with van der Waals surface area (Å²) in [5.74, 6) is -0.418. The van der Waals surface area contributed by atoms with Gasteiger partial charge in [0.15, 0.2) is 9.84 Å². The number of likely N-dealkylation sites (N-methyl/N-ethyl adjacent to an activating group) is 1. The third-order valence-corrected chi connectivity index (χ3v) is 4.81. The molecule has 1 unspecified atom stereocenters. The molecule has 0 saturated heterocycles. The van der Waals surface area contributed by atoms with Gasteiger partial charge >= 0.3 is 0 Å². The Kier molecular flexibility index (Phi) is 8.54. The summed E-state index contributed by atoms with van der Waals surface area (Å²) in [7, 11) is -1.59. The molecule has 0 bridgehead atoms. The molecule has 21 heavy (non-hydrogen) atoms. The lowest BCUT2D eigenvalue weighted by atomic mass is 10.2. The lowest BCUT2D eigenvalue weighted by molar-refractivity contribution is -0.120. The van der Waals surface area contributed by atoms with Gasteiger partial charge in [0.2, 0.25) is 5.91 Å². The van der Waals surface area contributed by atoms with Crippen LogP contribution in [0, 0.1) is 6.92 Å². The number of sulfone groups is 1. The monoisotopic (exact) mass is 334 g/mol. The highest BCUT2D eigenvalue weighted by Gasteiger charge is 2.16. The van der Waals surface area contributed by atoms with Gasteiger partial charge in [0.05, 0.1) is 10.6 Å². The first-order chi connectivity index (χ1) is 9.35. The van der Waals surface area contributed by atoms with E-state index in [4.69, 9.17) is 0 Å². The zero-order valence-corrected chi connectivity index (χ0v) is 14.2. The van der Waals surface area contributed by atoms with Gasteiger partial charge in [-0.3, -0.25) is 4.79 Å². The quantitative estimate of drug-likeness (QED) is 0.788. The Morgan fingerprint density at radius 3 is 2.33 bits per heavy atom. The Balaban J connectivity index is 0.00000400. The molecule has 0 heterocycles. The first-order valence-electron chi connectivity index (χ1n) is 6.58. The van der Waals surface area contributed by atoms with Crippen LogP contribution in [-0.2, 0) is 14.6 Å². The second-order valence-corrected chi connectivity index (χ2v) is 6.98. The Morgan fingerprint density at radius 1 is 1.24 bits per heavy atom. The van der Waals surface area contributed by atoms with Crippen LogP contribution in [0.25, 0.3) is 0 Å². The molecule has 1 atom stereocenters. The van der Waals surface area contributed by atoms with Crippen LogP contribution in [0.3, 0.4) is 0 Å². The van der Waals surface area contributed by atoms with Crippen molar-refractivity contribution < 1.29 is 13.2 Å². The van der Waals surface area contributed by atoms with Crippen molar-refractivity contribution in [1.82, 2.24) is 10.6 Å². The van der Waals surface area contributed by atoms with Crippen LogP contribution >= 0.6 is 12.4 Å². The highest BCUT2D eigenvalue weighted by atomic mass is 35.5. The van der Waals surface area contributed by atoms with E-state index in [0.29, 0.717) is 6.54 Å². The van der Waals surface area contributed by atoms with Crippen molar-refractivity contribution in [3.8, 4) is 0 Å². The van der Waals surface area contributed by atoms with Crippen LogP contribution in [0.2, 0.25) is 0 Å². The number of halogens is 1. The maximum atomic E-state index is 12.0. The van der Waals surface area contributed by atoms with Crippen molar-refractivity contribution >= 4 is 28.2 Å². The van der Waals surface area contributed by atoms with Crippen LogP contribution in [0.15, 0.2) is 29.2 Å². The summed E-state index contributed by atoms with van der Waals surface area (Å²) in [6, 6.07) is 6.81. The Bertz CT molecular complexity index is 544. The number of aryl methyl sites for hydroxylation is 1. The Hall–Kier alpha value is -1.11. The fraction of sp³-hybridized carbons (Fsp3) is 0.500. The maximum absolute atomic E-state index is 12.0. The molecule has 0 spiro atoms. The van der Waals surface area contributed by atoms with Gasteiger partial charge in [0.1, 0.15) is 0 Å². The van der Waals surface area contributed by atoms with Gasteiger partial charge in [0, 0.05) is 19.0 Å². The molecule has 1 amide bonds. The SMILES string of the molecule is CNC(C)CNC(=O)CCS(=O)(=O)c1ccc(C)cc1.Cl. The standard InChI is InChI=1S/C14H22N2O3S.ClH/c1-11-4-6-13(7-5-11)20(18,19)9-8-14(17)16-10-12(2)15-3;/h4-7,12,15H,8-10H2,1-3H3,(H,16,17);1H. The summed E-state index contributed by atoms with van der Waals surface area (Å²) in [5.41, 5.74) is 1.00. The first kappa shape index (κ1) is 19.9. The fourth-order valence-corrected chi connectivity index (χ4v) is 2.79. The zero-order valence-electron chi connectivity index (χ0n) is 12.5. The Morgan fingerprint density at radius 2 is 1.81 bits per heavy atom. The highest BCUT2D eigenvalue weighted by molar-refractivity contribution is 7.91. The van der Waals surface area contributed by atoms with Gasteiger partial charge in [-0.05, 0) is 33.0 Å². The normalized spacial score (nSPS) is 12.3. The topological polar surface area (TPSA) is 75.3 Å². The van der Waals surface area contributed by atoms with Crippen LogP contribution < -0.4 is 10.6 Å². The summed E-state index contributed by atoms with van der Waals surface area (Å²) in [4.78, 5) is 11.9. The molecule has 0 aliphatic heterocycles. The largest absolute Gasteiger partial charge is 0.355 e. The average molecular weight is 335 g/mol. The number of rotatable bonds is 7. The molecule has 1 aromatic rings. The molecule has 7 heteroatoms. The number of nitrogens with one attached hydrogen (secondary N) is 2. The highest BCUT2D eigenvalue weighted by Crippen LogP contribution is 2.12. The minimum absolute atomic E-state index is 0. The van der Waals surface area contributed by atoms with Gasteiger partial charge < -0.3 is 10.6 Å². The molecule has 120 valence electrons. The third-order valence-electron chi connectivity index (χ3n) is 3.08. The zero-order chi connectivity index (χ0) is 15.2. The molecule has 5 nitrogen and oxygen atoms in total. The predicted octanol–water partition coefficient (Wildman–Crippen LogP) is 1.30. The van der Waals surface area contributed by atoms with Crippen LogP contribution in [0.4, 0.5) is 0 Å². The van der Waals surface area contributed by atoms with E-state index in [1.165, 1.54) is 0 Å². The molecule has 0 radical (unpaired) electrons.